The summed E-state index contributed by atoms with van der Waals surface area (Å²) in [4.78, 5) is 45.6. The summed E-state index contributed by atoms with van der Waals surface area (Å²) in [6.45, 7) is 0. The van der Waals surface area contributed by atoms with Gasteiger partial charge >= 0.3 is 23.9 Å². The Hall–Kier alpha value is -2.64. The van der Waals surface area contributed by atoms with Crippen molar-refractivity contribution in [3.63, 3.8) is 0 Å². The predicted molar refractivity (Wildman–Crippen MR) is 62.4 cm³/mol. The Bertz CT molecular complexity index is 468. The van der Waals surface area contributed by atoms with Crippen LogP contribution in [0.15, 0.2) is 24.3 Å². The quantitative estimate of drug-likeness (QED) is 0.405. The molecule has 0 saturated heterocycles. The monoisotopic (exact) mass is 284 g/mol. The van der Waals surface area contributed by atoms with E-state index < -0.39 is 34.7 Å². The second kappa shape index (κ2) is 5.16. The van der Waals surface area contributed by atoms with Crippen molar-refractivity contribution >= 4 is 23.9 Å². The number of hydrogen-bond donors (Lipinski definition) is 2. The zero-order valence-corrected chi connectivity index (χ0v) is 10.7. The molecule has 0 aromatic heterocycles. The lowest BCUT2D eigenvalue weighted by Gasteiger charge is -2.28. The van der Waals surface area contributed by atoms with Crippen LogP contribution >= 0.6 is 0 Å². The van der Waals surface area contributed by atoms with Gasteiger partial charge in [-0.1, -0.05) is 24.3 Å². The molecule has 0 aromatic carbocycles. The van der Waals surface area contributed by atoms with Crippen LogP contribution in [0.3, 0.4) is 0 Å². The van der Waals surface area contributed by atoms with E-state index in [9.17, 15) is 19.2 Å². The largest absolute Gasteiger partial charge is 0.480 e. The maximum Gasteiger partial charge on any atom is 0.331 e. The first-order chi connectivity index (χ1) is 9.26. The molecule has 0 atom stereocenters. The molecule has 2 N–H and O–H groups in total. The minimum atomic E-state index is -2.16. The van der Waals surface area contributed by atoms with Gasteiger partial charge in [0, 0.05) is 0 Å². The average molecular weight is 284 g/mol. The Labute approximate surface area is 113 Å². The van der Waals surface area contributed by atoms with Gasteiger partial charge in [0.25, 0.3) is 0 Å². The van der Waals surface area contributed by atoms with Crippen LogP contribution in [-0.2, 0) is 28.7 Å². The Morgan fingerprint density at radius 3 is 1.15 bits per heavy atom. The van der Waals surface area contributed by atoms with E-state index in [1.807, 2.05) is 0 Å². The molecule has 1 aliphatic carbocycles. The van der Waals surface area contributed by atoms with Gasteiger partial charge in [0.15, 0.2) is 0 Å². The number of carbonyl (C=O) groups excluding carboxylic acids is 2. The fourth-order valence-corrected chi connectivity index (χ4v) is 1.71. The molecule has 0 spiro atoms. The Morgan fingerprint density at radius 2 is 1.00 bits per heavy atom. The molecule has 1 rings (SSSR count). The molecule has 0 unspecified atom stereocenters. The fourth-order valence-electron chi connectivity index (χ4n) is 1.71. The molecule has 0 amide bonds. The van der Waals surface area contributed by atoms with Gasteiger partial charge in [0.05, 0.1) is 14.2 Å². The third-order valence-electron chi connectivity index (χ3n) is 2.97. The highest BCUT2D eigenvalue weighted by Gasteiger charge is 2.52. The normalized spacial score (nSPS) is 27.7. The minimum Gasteiger partial charge on any atom is -0.480 e. The van der Waals surface area contributed by atoms with E-state index in [4.69, 9.17) is 10.2 Å². The summed E-state index contributed by atoms with van der Waals surface area (Å²) in [7, 11) is 1.99. The minimum absolute atomic E-state index is 0.798. The van der Waals surface area contributed by atoms with Crippen molar-refractivity contribution in [3.8, 4) is 0 Å². The van der Waals surface area contributed by atoms with E-state index in [0.717, 1.165) is 38.5 Å². The molecular weight excluding hydrogens is 272 g/mol. The number of carboxylic acids is 2. The van der Waals surface area contributed by atoms with Crippen molar-refractivity contribution < 1.29 is 38.9 Å². The summed E-state index contributed by atoms with van der Waals surface area (Å²) in [5.41, 5.74) is -4.33. The maximum atomic E-state index is 11.6. The number of rotatable bonds is 4. The van der Waals surface area contributed by atoms with Crippen molar-refractivity contribution in [1.29, 1.82) is 0 Å². The molecular formula is C12H12O8. The Balaban J connectivity index is 3.36. The molecule has 8 nitrogen and oxygen atoms in total. The number of ether oxygens (including phenoxy) is 2. The van der Waals surface area contributed by atoms with Crippen LogP contribution in [0.4, 0.5) is 0 Å². The van der Waals surface area contributed by atoms with Crippen molar-refractivity contribution in [2.24, 2.45) is 10.8 Å². The van der Waals surface area contributed by atoms with Crippen LogP contribution < -0.4 is 0 Å². The molecule has 0 fully saturated rings. The highest BCUT2D eigenvalue weighted by atomic mass is 16.5. The van der Waals surface area contributed by atoms with Gasteiger partial charge in [0.1, 0.15) is 0 Å². The van der Waals surface area contributed by atoms with Crippen LogP contribution in [0.25, 0.3) is 0 Å². The van der Waals surface area contributed by atoms with Crippen LogP contribution in [0.2, 0.25) is 0 Å². The van der Waals surface area contributed by atoms with Crippen molar-refractivity contribution in [2.45, 2.75) is 0 Å². The third kappa shape index (κ3) is 2.04. The zero-order chi connectivity index (χ0) is 15.6. The lowest BCUT2D eigenvalue weighted by atomic mass is 9.74. The molecule has 0 aliphatic heterocycles. The molecule has 0 aromatic rings. The highest BCUT2D eigenvalue weighted by Crippen LogP contribution is 2.36. The van der Waals surface area contributed by atoms with Gasteiger partial charge in [0.2, 0.25) is 10.8 Å². The van der Waals surface area contributed by atoms with Gasteiger partial charge in [-0.25, -0.2) is 0 Å². The van der Waals surface area contributed by atoms with E-state index in [2.05, 4.69) is 9.47 Å². The Kier molecular flexibility index (Phi) is 3.97. The number of methoxy groups -OCH3 is 2. The first-order valence-electron chi connectivity index (χ1n) is 5.31. The van der Waals surface area contributed by atoms with Gasteiger partial charge in [-0.2, -0.15) is 0 Å². The second-order valence-corrected chi connectivity index (χ2v) is 4.00. The van der Waals surface area contributed by atoms with E-state index in [1.54, 1.807) is 0 Å². The van der Waals surface area contributed by atoms with E-state index in [-0.39, 0.29) is 0 Å². The third-order valence-corrected chi connectivity index (χ3v) is 2.97. The molecule has 1 aliphatic rings. The maximum absolute atomic E-state index is 11.6. The van der Waals surface area contributed by atoms with Crippen molar-refractivity contribution in [2.75, 3.05) is 14.2 Å². The first kappa shape index (κ1) is 15.4. The summed E-state index contributed by atoms with van der Waals surface area (Å²) in [6, 6.07) is 0. The van der Waals surface area contributed by atoms with Gasteiger partial charge < -0.3 is 19.7 Å². The van der Waals surface area contributed by atoms with E-state index in [1.165, 1.54) is 0 Å². The number of carboxylic acid groups (broad SMARTS) is 2. The van der Waals surface area contributed by atoms with Crippen LogP contribution in [0.1, 0.15) is 0 Å². The van der Waals surface area contributed by atoms with Crippen LogP contribution in [0, 0.1) is 10.8 Å². The average Bonchev–Trinajstić information content (AvgIpc) is 2.44. The predicted octanol–water partition coefficient (Wildman–Crippen LogP) is -0.400. The lowest BCUT2D eigenvalue weighted by Crippen LogP contribution is -2.44. The zero-order valence-electron chi connectivity index (χ0n) is 10.7. The number of hydrogen-bond acceptors (Lipinski definition) is 6. The second-order valence-electron chi connectivity index (χ2n) is 4.00. The summed E-state index contributed by atoms with van der Waals surface area (Å²) in [6.07, 6.45) is 3.19. The SMILES string of the molecule is COC(=O)C1(C(=O)O)C=CC(C(=O)O)(C(=O)OC)C=C1. The fraction of sp³-hybridized carbons (Fsp3) is 0.333. The standard InChI is InChI=1S/C12H12O8/c1-19-9(17)11(7(13)14)3-5-12(6-4-11,8(15)16)10(18)20-2/h3-6H,1-2H3,(H,13,14)(H,15,16). The van der Waals surface area contributed by atoms with Gasteiger partial charge in [-0.3, -0.25) is 19.2 Å². The molecule has 8 heteroatoms. The lowest BCUT2D eigenvalue weighted by molar-refractivity contribution is -0.163. The van der Waals surface area contributed by atoms with Crippen molar-refractivity contribution in [3.05, 3.63) is 24.3 Å². The van der Waals surface area contributed by atoms with Gasteiger partial charge in [-0.15, -0.1) is 0 Å². The molecule has 0 heterocycles. The summed E-state index contributed by atoms with van der Waals surface area (Å²) in [5.74, 6) is -5.33. The molecule has 0 radical (unpaired) electrons. The topological polar surface area (TPSA) is 127 Å². The number of aliphatic carboxylic acids is 2. The highest BCUT2D eigenvalue weighted by molar-refractivity contribution is 6.08. The molecule has 0 saturated carbocycles. The molecule has 20 heavy (non-hydrogen) atoms. The summed E-state index contributed by atoms with van der Waals surface area (Å²) >= 11 is 0. The smallest absolute Gasteiger partial charge is 0.331 e. The van der Waals surface area contributed by atoms with Crippen LogP contribution in [0.5, 0.6) is 0 Å². The summed E-state index contributed by atoms with van der Waals surface area (Å²) < 4.78 is 8.77. The van der Waals surface area contributed by atoms with Crippen LogP contribution in [-0.4, -0.2) is 48.3 Å². The van der Waals surface area contributed by atoms with E-state index >= 15 is 0 Å². The summed E-state index contributed by atoms with van der Waals surface area (Å²) in [5, 5.41) is 18.3. The molecule has 108 valence electrons. The van der Waals surface area contributed by atoms with E-state index in [0.29, 0.717) is 0 Å². The van der Waals surface area contributed by atoms with Gasteiger partial charge in [-0.05, 0) is 0 Å². The first-order valence-corrected chi connectivity index (χ1v) is 5.31. The molecule has 0 bridgehead atoms. The number of esters is 2. The number of carbonyl (C=O) groups is 4. The van der Waals surface area contributed by atoms with Crippen molar-refractivity contribution in [1.82, 2.24) is 0 Å². The Morgan fingerprint density at radius 1 is 0.750 bits per heavy atom.